The van der Waals surface area contributed by atoms with Crippen molar-refractivity contribution in [2.24, 2.45) is 5.92 Å². The van der Waals surface area contributed by atoms with Crippen molar-refractivity contribution in [2.75, 3.05) is 6.54 Å². The first-order valence-electron chi connectivity index (χ1n) is 5.15. The number of hydrogen-bond donors (Lipinski definition) is 1. The van der Waals surface area contributed by atoms with E-state index in [0.29, 0.717) is 6.04 Å². The largest absolute Gasteiger partial charge is 0.311 e. The van der Waals surface area contributed by atoms with Crippen molar-refractivity contribution in [3.8, 4) is 0 Å². The zero-order valence-corrected chi connectivity index (χ0v) is 8.55. The summed E-state index contributed by atoms with van der Waals surface area (Å²) in [5.41, 5.74) is 0. The molecule has 0 aromatic heterocycles. The fourth-order valence-corrected chi connectivity index (χ4v) is 1.45. The summed E-state index contributed by atoms with van der Waals surface area (Å²) in [6.45, 7) is 4.95. The molecule has 0 amide bonds. The van der Waals surface area contributed by atoms with Gasteiger partial charge in [-0.2, -0.15) is 0 Å². The van der Waals surface area contributed by atoms with Gasteiger partial charge in [0, 0.05) is 12.0 Å². The van der Waals surface area contributed by atoms with Crippen molar-refractivity contribution in [2.45, 2.75) is 39.2 Å². The summed E-state index contributed by atoms with van der Waals surface area (Å²) in [5, 5.41) is 3.37. The van der Waals surface area contributed by atoms with Crippen molar-refractivity contribution in [3.63, 3.8) is 0 Å². The van der Waals surface area contributed by atoms with Gasteiger partial charge in [0.1, 0.15) is 0 Å². The number of carbonyl (C=O) groups is 1. The average molecular weight is 181 g/mol. The van der Waals surface area contributed by atoms with E-state index in [4.69, 9.17) is 0 Å². The summed E-state index contributed by atoms with van der Waals surface area (Å²) < 4.78 is 0. The van der Waals surface area contributed by atoms with E-state index < -0.39 is 0 Å². The molecule has 1 fully saturated rings. The first-order chi connectivity index (χ1) is 6.20. The van der Waals surface area contributed by atoms with Gasteiger partial charge in [-0.15, -0.1) is 0 Å². The summed E-state index contributed by atoms with van der Waals surface area (Å²) in [6, 6.07) is 0.427. The Bertz CT molecular complexity index is 190. The maximum absolute atomic E-state index is 11.3. The van der Waals surface area contributed by atoms with Crippen molar-refractivity contribution in [3.05, 3.63) is 12.2 Å². The van der Waals surface area contributed by atoms with Crippen molar-refractivity contribution < 1.29 is 4.79 Å². The molecule has 1 rings (SSSR count). The minimum absolute atomic E-state index is 0.125. The van der Waals surface area contributed by atoms with Crippen LogP contribution in [0.3, 0.4) is 0 Å². The zero-order valence-electron chi connectivity index (χ0n) is 8.55. The van der Waals surface area contributed by atoms with Gasteiger partial charge in [-0.25, -0.2) is 0 Å². The normalized spacial score (nSPS) is 24.1. The van der Waals surface area contributed by atoms with Gasteiger partial charge >= 0.3 is 0 Å². The maximum Gasteiger partial charge on any atom is 0.157 e. The molecular formula is C11H19NO. The Morgan fingerprint density at radius 2 is 2.23 bits per heavy atom. The zero-order chi connectivity index (χ0) is 9.68. The van der Waals surface area contributed by atoms with E-state index in [9.17, 15) is 4.79 Å². The summed E-state index contributed by atoms with van der Waals surface area (Å²) in [6.07, 6.45) is 7.46. The Morgan fingerprint density at radius 1 is 1.46 bits per heavy atom. The van der Waals surface area contributed by atoms with Crippen LogP contribution in [0.1, 0.15) is 33.1 Å². The van der Waals surface area contributed by atoms with Crippen LogP contribution < -0.4 is 5.32 Å². The number of carbonyl (C=O) groups excluding carboxylic acids is 1. The Labute approximate surface area is 80.4 Å². The van der Waals surface area contributed by atoms with E-state index in [0.717, 1.165) is 6.54 Å². The summed E-state index contributed by atoms with van der Waals surface area (Å²) >= 11 is 0. The molecule has 1 saturated heterocycles. The fourth-order valence-electron chi connectivity index (χ4n) is 1.45. The van der Waals surface area contributed by atoms with E-state index >= 15 is 0 Å². The lowest BCUT2D eigenvalue weighted by molar-refractivity contribution is -0.117. The minimum atomic E-state index is 0.125. The molecule has 1 aliphatic heterocycles. The molecule has 13 heavy (non-hydrogen) atoms. The fraction of sp³-hybridized carbons (Fsp3) is 0.727. The van der Waals surface area contributed by atoms with E-state index in [-0.39, 0.29) is 11.7 Å². The third kappa shape index (κ3) is 3.73. The van der Waals surface area contributed by atoms with Gasteiger partial charge in [-0.3, -0.25) is 4.79 Å². The van der Waals surface area contributed by atoms with Gasteiger partial charge in [-0.1, -0.05) is 26.3 Å². The molecule has 0 saturated carbocycles. The first kappa shape index (κ1) is 10.5. The molecule has 74 valence electrons. The number of nitrogens with one attached hydrogen (secondary N) is 1. The molecule has 2 nitrogen and oxygen atoms in total. The Kier molecular flexibility index (Phi) is 4.16. The molecule has 0 bridgehead atoms. The van der Waals surface area contributed by atoms with Crippen LogP contribution in [0.25, 0.3) is 0 Å². The summed E-state index contributed by atoms with van der Waals surface area (Å²) in [7, 11) is 0. The molecule has 1 heterocycles. The quantitative estimate of drug-likeness (QED) is 0.674. The molecule has 1 atom stereocenters. The van der Waals surface area contributed by atoms with Gasteiger partial charge in [0.2, 0.25) is 0 Å². The number of rotatable bonds is 3. The number of hydrogen-bond acceptors (Lipinski definition) is 2. The van der Waals surface area contributed by atoms with Crippen molar-refractivity contribution in [1.29, 1.82) is 0 Å². The lowest BCUT2D eigenvalue weighted by Gasteiger charge is -2.19. The molecular weight excluding hydrogens is 162 g/mol. The van der Waals surface area contributed by atoms with Crippen LogP contribution in [0.4, 0.5) is 0 Å². The SMILES string of the molecule is CC(C)C(=O)/C=C/C1CCCCN1. The predicted molar refractivity (Wildman–Crippen MR) is 54.6 cm³/mol. The predicted octanol–water partition coefficient (Wildman–Crippen LogP) is 1.91. The molecule has 0 radical (unpaired) electrons. The monoisotopic (exact) mass is 181 g/mol. The lowest BCUT2D eigenvalue weighted by atomic mass is 10.0. The molecule has 0 aromatic rings. The topological polar surface area (TPSA) is 29.1 Å². The van der Waals surface area contributed by atoms with E-state index in [2.05, 4.69) is 5.32 Å². The van der Waals surface area contributed by atoms with Crippen LogP contribution in [0.2, 0.25) is 0 Å². The Hall–Kier alpha value is -0.630. The van der Waals surface area contributed by atoms with Gasteiger partial charge in [0.25, 0.3) is 0 Å². The minimum Gasteiger partial charge on any atom is -0.311 e. The third-order valence-electron chi connectivity index (χ3n) is 2.41. The molecule has 0 aliphatic carbocycles. The number of piperidine rings is 1. The highest BCUT2D eigenvalue weighted by molar-refractivity contribution is 5.91. The molecule has 0 spiro atoms. The van der Waals surface area contributed by atoms with Gasteiger partial charge < -0.3 is 5.32 Å². The summed E-state index contributed by atoms with van der Waals surface area (Å²) in [4.78, 5) is 11.3. The van der Waals surface area contributed by atoms with Crippen LogP contribution in [-0.4, -0.2) is 18.4 Å². The van der Waals surface area contributed by atoms with Gasteiger partial charge in [-0.05, 0) is 25.5 Å². The molecule has 1 unspecified atom stereocenters. The number of allylic oxidation sites excluding steroid dienone is 1. The standard InChI is InChI=1S/C11H19NO/c1-9(2)11(13)7-6-10-5-3-4-8-12-10/h6-7,9-10,12H,3-5,8H2,1-2H3/b7-6+. The number of ketones is 1. The van der Waals surface area contributed by atoms with E-state index in [1.807, 2.05) is 19.9 Å². The molecule has 2 heteroatoms. The second-order valence-electron chi connectivity index (χ2n) is 3.97. The summed E-state index contributed by atoms with van der Waals surface area (Å²) in [5.74, 6) is 0.354. The van der Waals surface area contributed by atoms with E-state index in [1.165, 1.54) is 19.3 Å². The van der Waals surface area contributed by atoms with Crippen LogP contribution in [0.15, 0.2) is 12.2 Å². The molecule has 1 aliphatic rings. The van der Waals surface area contributed by atoms with Crippen LogP contribution >= 0.6 is 0 Å². The van der Waals surface area contributed by atoms with Gasteiger partial charge in [0.15, 0.2) is 5.78 Å². The lowest BCUT2D eigenvalue weighted by Crippen LogP contribution is -2.32. The van der Waals surface area contributed by atoms with Crippen LogP contribution in [-0.2, 0) is 4.79 Å². The molecule has 1 N–H and O–H groups in total. The highest BCUT2D eigenvalue weighted by Crippen LogP contribution is 2.08. The second kappa shape index (κ2) is 5.18. The second-order valence-corrected chi connectivity index (χ2v) is 3.97. The Morgan fingerprint density at radius 3 is 2.77 bits per heavy atom. The molecule has 0 aromatic carbocycles. The Balaban J connectivity index is 2.33. The first-order valence-corrected chi connectivity index (χ1v) is 5.15. The highest BCUT2D eigenvalue weighted by atomic mass is 16.1. The van der Waals surface area contributed by atoms with E-state index in [1.54, 1.807) is 6.08 Å². The van der Waals surface area contributed by atoms with Gasteiger partial charge in [0.05, 0.1) is 0 Å². The van der Waals surface area contributed by atoms with Crippen molar-refractivity contribution >= 4 is 5.78 Å². The van der Waals surface area contributed by atoms with Crippen LogP contribution in [0, 0.1) is 5.92 Å². The highest BCUT2D eigenvalue weighted by Gasteiger charge is 2.09. The van der Waals surface area contributed by atoms with Crippen molar-refractivity contribution in [1.82, 2.24) is 5.32 Å². The maximum atomic E-state index is 11.3. The van der Waals surface area contributed by atoms with Crippen LogP contribution in [0.5, 0.6) is 0 Å². The average Bonchev–Trinajstić information content (AvgIpc) is 2.15. The smallest absolute Gasteiger partial charge is 0.157 e. The third-order valence-corrected chi connectivity index (χ3v) is 2.41.